The number of cyclic esters (lactones) is 1. The lowest BCUT2D eigenvalue weighted by Crippen LogP contribution is -2.43. The van der Waals surface area contributed by atoms with E-state index in [2.05, 4.69) is 32.7 Å². The Balaban J connectivity index is 1.82. The second-order valence-corrected chi connectivity index (χ2v) is 9.61. The van der Waals surface area contributed by atoms with E-state index in [0.717, 1.165) is 31.4 Å². The van der Waals surface area contributed by atoms with Gasteiger partial charge in [0, 0.05) is 25.8 Å². The molecular formula is C22H34N2O5. The SMILES string of the molecule is CCCCC(C(=O)N1CCCC1c1ncc(C(C)(C)C)o1)C1OC(C)(C)OC1=O. The second-order valence-electron chi connectivity index (χ2n) is 9.61. The van der Waals surface area contributed by atoms with Crippen molar-refractivity contribution in [2.45, 2.75) is 97.0 Å². The number of amides is 1. The largest absolute Gasteiger partial charge is 0.443 e. The molecule has 3 atom stereocenters. The number of carbonyl (C=O) groups is 2. The van der Waals surface area contributed by atoms with Crippen molar-refractivity contribution in [1.82, 2.24) is 9.88 Å². The first-order valence-electron chi connectivity index (χ1n) is 10.7. The number of esters is 1. The average Bonchev–Trinajstić information content (AvgIpc) is 3.32. The summed E-state index contributed by atoms with van der Waals surface area (Å²) in [4.78, 5) is 32.3. The van der Waals surface area contributed by atoms with Crippen LogP contribution in [0.4, 0.5) is 0 Å². The molecule has 2 saturated heterocycles. The van der Waals surface area contributed by atoms with Gasteiger partial charge in [0.15, 0.2) is 6.10 Å². The minimum atomic E-state index is -0.999. The molecule has 0 N–H and O–H groups in total. The third-order valence-electron chi connectivity index (χ3n) is 5.62. The van der Waals surface area contributed by atoms with Crippen LogP contribution in [-0.2, 0) is 24.5 Å². The van der Waals surface area contributed by atoms with Gasteiger partial charge in [0.25, 0.3) is 0 Å². The lowest BCUT2D eigenvalue weighted by atomic mass is 9.94. The number of aromatic nitrogens is 1. The Labute approximate surface area is 173 Å². The minimum Gasteiger partial charge on any atom is -0.443 e. The van der Waals surface area contributed by atoms with Crippen LogP contribution < -0.4 is 0 Å². The van der Waals surface area contributed by atoms with Gasteiger partial charge >= 0.3 is 5.97 Å². The molecule has 0 bridgehead atoms. The zero-order chi connectivity index (χ0) is 21.4. The molecule has 1 aromatic heterocycles. The lowest BCUT2D eigenvalue weighted by Gasteiger charge is -2.29. The van der Waals surface area contributed by atoms with Crippen molar-refractivity contribution in [2.24, 2.45) is 5.92 Å². The van der Waals surface area contributed by atoms with E-state index < -0.39 is 23.8 Å². The molecule has 7 nitrogen and oxygen atoms in total. The summed E-state index contributed by atoms with van der Waals surface area (Å²) < 4.78 is 17.2. The van der Waals surface area contributed by atoms with Crippen LogP contribution in [0.2, 0.25) is 0 Å². The van der Waals surface area contributed by atoms with E-state index in [4.69, 9.17) is 13.9 Å². The maximum atomic E-state index is 13.6. The molecule has 2 aliphatic heterocycles. The van der Waals surface area contributed by atoms with Gasteiger partial charge < -0.3 is 18.8 Å². The molecule has 0 aliphatic carbocycles. The lowest BCUT2D eigenvalue weighted by molar-refractivity contribution is -0.163. The zero-order valence-corrected chi connectivity index (χ0v) is 18.5. The van der Waals surface area contributed by atoms with Crippen molar-refractivity contribution >= 4 is 11.9 Å². The fourth-order valence-electron chi connectivity index (χ4n) is 4.04. The molecule has 0 radical (unpaired) electrons. The highest BCUT2D eigenvalue weighted by Crippen LogP contribution is 2.38. The quantitative estimate of drug-likeness (QED) is 0.661. The van der Waals surface area contributed by atoms with Crippen molar-refractivity contribution in [3.05, 3.63) is 17.8 Å². The first-order valence-corrected chi connectivity index (χ1v) is 10.7. The number of hydrogen-bond donors (Lipinski definition) is 0. The van der Waals surface area contributed by atoms with Crippen molar-refractivity contribution < 1.29 is 23.5 Å². The Morgan fingerprint density at radius 1 is 1.38 bits per heavy atom. The molecule has 3 unspecified atom stereocenters. The molecule has 162 valence electrons. The Morgan fingerprint density at radius 3 is 2.66 bits per heavy atom. The Bertz CT molecular complexity index is 749. The van der Waals surface area contributed by atoms with E-state index in [1.54, 1.807) is 20.0 Å². The monoisotopic (exact) mass is 406 g/mol. The van der Waals surface area contributed by atoms with Crippen LogP contribution in [0.3, 0.4) is 0 Å². The Hall–Kier alpha value is -1.89. The zero-order valence-electron chi connectivity index (χ0n) is 18.5. The topological polar surface area (TPSA) is 81.9 Å². The maximum absolute atomic E-state index is 13.6. The number of ether oxygens (including phenoxy) is 2. The van der Waals surface area contributed by atoms with Crippen LogP contribution in [0.25, 0.3) is 0 Å². The Kier molecular flexibility index (Phi) is 6.08. The van der Waals surface area contributed by atoms with Crippen LogP contribution in [0, 0.1) is 5.92 Å². The van der Waals surface area contributed by atoms with Crippen molar-refractivity contribution in [3.63, 3.8) is 0 Å². The number of carbonyl (C=O) groups excluding carboxylic acids is 2. The van der Waals surface area contributed by atoms with E-state index in [1.165, 1.54) is 0 Å². The highest BCUT2D eigenvalue weighted by atomic mass is 16.8. The summed E-state index contributed by atoms with van der Waals surface area (Å²) in [5, 5.41) is 0. The molecule has 3 heterocycles. The number of rotatable bonds is 6. The van der Waals surface area contributed by atoms with Crippen molar-refractivity contribution in [3.8, 4) is 0 Å². The van der Waals surface area contributed by atoms with E-state index in [-0.39, 0.29) is 17.4 Å². The van der Waals surface area contributed by atoms with Gasteiger partial charge in [-0.1, -0.05) is 40.5 Å². The fraction of sp³-hybridized carbons (Fsp3) is 0.773. The van der Waals surface area contributed by atoms with Crippen LogP contribution in [0.15, 0.2) is 10.6 Å². The number of hydrogen-bond acceptors (Lipinski definition) is 6. The van der Waals surface area contributed by atoms with Gasteiger partial charge in [0.1, 0.15) is 11.8 Å². The fourth-order valence-corrected chi connectivity index (χ4v) is 4.04. The molecule has 2 fully saturated rings. The van der Waals surface area contributed by atoms with Gasteiger partial charge in [-0.05, 0) is 19.3 Å². The summed E-state index contributed by atoms with van der Waals surface area (Å²) >= 11 is 0. The number of unbranched alkanes of at least 4 members (excludes halogenated alkanes) is 1. The van der Waals surface area contributed by atoms with Gasteiger partial charge in [-0.15, -0.1) is 0 Å². The summed E-state index contributed by atoms with van der Waals surface area (Å²) in [6.45, 7) is 12.3. The number of oxazole rings is 1. The third kappa shape index (κ3) is 4.65. The average molecular weight is 407 g/mol. The van der Waals surface area contributed by atoms with Crippen molar-refractivity contribution in [1.29, 1.82) is 0 Å². The normalized spacial score (nSPS) is 25.3. The molecule has 29 heavy (non-hydrogen) atoms. The van der Waals surface area contributed by atoms with Gasteiger partial charge in [-0.2, -0.15) is 0 Å². The standard InChI is InChI=1S/C22H34N2O5/c1-7-8-10-14(17-20(26)29-22(5,6)28-17)19(25)24-12-9-11-15(24)18-23-13-16(27-18)21(2,3)4/h13-15,17H,7-12H2,1-6H3. The summed E-state index contributed by atoms with van der Waals surface area (Å²) in [6, 6.07) is -0.201. The Morgan fingerprint density at radius 2 is 2.10 bits per heavy atom. The molecule has 1 amide bonds. The second kappa shape index (κ2) is 8.09. The van der Waals surface area contributed by atoms with Crippen LogP contribution >= 0.6 is 0 Å². The highest BCUT2D eigenvalue weighted by molar-refractivity contribution is 5.88. The molecule has 0 spiro atoms. The maximum Gasteiger partial charge on any atom is 0.338 e. The summed E-state index contributed by atoms with van der Waals surface area (Å²) in [5.41, 5.74) is -0.143. The van der Waals surface area contributed by atoms with Crippen LogP contribution in [0.5, 0.6) is 0 Å². The number of likely N-dealkylation sites (tertiary alicyclic amines) is 1. The smallest absolute Gasteiger partial charge is 0.338 e. The van der Waals surface area contributed by atoms with E-state index >= 15 is 0 Å². The summed E-state index contributed by atoms with van der Waals surface area (Å²) in [6.07, 6.45) is 4.95. The molecule has 2 aliphatic rings. The van der Waals surface area contributed by atoms with Crippen LogP contribution in [0.1, 0.15) is 91.3 Å². The minimum absolute atomic E-state index is 0.0730. The summed E-state index contributed by atoms with van der Waals surface area (Å²) in [5.74, 6) is -0.700. The first-order chi connectivity index (χ1) is 13.5. The molecule has 0 saturated carbocycles. The van der Waals surface area contributed by atoms with Gasteiger partial charge in [-0.25, -0.2) is 9.78 Å². The van der Waals surface area contributed by atoms with E-state index in [9.17, 15) is 9.59 Å². The van der Waals surface area contributed by atoms with Crippen molar-refractivity contribution in [2.75, 3.05) is 6.54 Å². The van der Waals surface area contributed by atoms with E-state index in [0.29, 0.717) is 18.9 Å². The van der Waals surface area contributed by atoms with E-state index in [1.807, 2.05) is 4.90 Å². The molecular weight excluding hydrogens is 372 g/mol. The molecule has 7 heteroatoms. The third-order valence-corrected chi connectivity index (χ3v) is 5.62. The summed E-state index contributed by atoms with van der Waals surface area (Å²) in [7, 11) is 0. The van der Waals surface area contributed by atoms with Crippen LogP contribution in [-0.4, -0.2) is 40.2 Å². The first kappa shape index (κ1) is 21.8. The highest BCUT2D eigenvalue weighted by Gasteiger charge is 2.49. The predicted octanol–water partition coefficient (Wildman–Crippen LogP) is 4.12. The van der Waals surface area contributed by atoms with Gasteiger partial charge in [0.05, 0.1) is 12.1 Å². The predicted molar refractivity (Wildman–Crippen MR) is 107 cm³/mol. The molecule has 3 rings (SSSR count). The molecule has 1 aromatic rings. The molecule has 0 aromatic carbocycles. The number of nitrogens with zero attached hydrogens (tertiary/aromatic N) is 2. The van der Waals surface area contributed by atoms with Gasteiger partial charge in [-0.3, -0.25) is 4.79 Å². The van der Waals surface area contributed by atoms with Gasteiger partial charge in [0.2, 0.25) is 17.6 Å².